The molecule has 0 bridgehead atoms. The Morgan fingerprint density at radius 3 is 2.51 bits per heavy atom. The van der Waals surface area contributed by atoms with Crippen molar-refractivity contribution < 1.29 is 31.1 Å². The van der Waals surface area contributed by atoms with Crippen LogP contribution in [0.1, 0.15) is 31.9 Å². The van der Waals surface area contributed by atoms with Gasteiger partial charge < -0.3 is 15.7 Å². The number of piperidine rings is 1. The first kappa shape index (κ1) is 30.4. The lowest BCUT2D eigenvalue weighted by atomic mass is 10.0. The van der Waals surface area contributed by atoms with E-state index in [1.807, 2.05) is 0 Å². The molecule has 15 heteroatoms. The van der Waals surface area contributed by atoms with Crippen molar-refractivity contribution in [1.29, 1.82) is 0 Å². The van der Waals surface area contributed by atoms with Gasteiger partial charge in [-0.15, -0.1) is 0 Å². The molecule has 0 aliphatic carbocycles. The van der Waals surface area contributed by atoms with Crippen molar-refractivity contribution in [3.8, 4) is 11.1 Å². The van der Waals surface area contributed by atoms with E-state index in [4.69, 9.17) is 0 Å². The number of nitrogens with one attached hydrogen (secondary N) is 3. The van der Waals surface area contributed by atoms with Gasteiger partial charge in [-0.25, -0.2) is 31.0 Å². The van der Waals surface area contributed by atoms with E-state index < -0.39 is 73.6 Å². The second-order valence-electron chi connectivity index (χ2n) is 10.5. The minimum atomic E-state index is -4.57. The number of pyridine rings is 1. The van der Waals surface area contributed by atoms with Gasteiger partial charge in [-0.1, -0.05) is 18.2 Å². The molecular formula is C28H28F4N6O4S. The fraction of sp³-hybridized carbons (Fsp3) is 0.321. The number of hydrogen-bond acceptors (Lipinski definition) is 8. The standard InChI is InChI=1S/C28H28F4N6O4S/c1-14(2)38-26-16(10-34-28(36-26)35-17-8-18(39)12-33-11-17)7-20(27(38)40)19-9-22(30)25(24(32)23(19)31)37-43(41,42)13-15-5-3-4-6-21(15)29/h3-7,9-10,14,17-18,33,37,39H,8,11-13H2,1-2H3,(H,34,35,36)/t17-,18+/m0/s1. The summed E-state index contributed by atoms with van der Waals surface area (Å²) < 4.78 is 87.7. The van der Waals surface area contributed by atoms with E-state index in [1.165, 1.54) is 35.0 Å². The highest BCUT2D eigenvalue weighted by Crippen LogP contribution is 2.32. The first-order valence-electron chi connectivity index (χ1n) is 13.3. The van der Waals surface area contributed by atoms with E-state index in [0.717, 1.165) is 6.07 Å². The molecular weight excluding hydrogens is 592 g/mol. The number of hydrogen-bond donors (Lipinski definition) is 4. The molecule has 0 amide bonds. The van der Waals surface area contributed by atoms with Crippen molar-refractivity contribution in [2.45, 2.75) is 44.2 Å². The van der Waals surface area contributed by atoms with Crippen LogP contribution in [-0.4, -0.2) is 53.3 Å². The quantitative estimate of drug-likeness (QED) is 0.173. The van der Waals surface area contributed by atoms with Crippen LogP contribution in [0.25, 0.3) is 22.2 Å². The number of fused-ring (bicyclic) bond motifs is 1. The number of benzene rings is 2. The van der Waals surface area contributed by atoms with Crippen LogP contribution in [0.4, 0.5) is 29.2 Å². The molecule has 2 aromatic heterocycles. The summed E-state index contributed by atoms with van der Waals surface area (Å²) in [4.78, 5) is 22.3. The van der Waals surface area contributed by atoms with Crippen LogP contribution in [0, 0.1) is 23.3 Å². The maximum absolute atomic E-state index is 15.4. The van der Waals surface area contributed by atoms with E-state index in [-0.39, 0.29) is 28.6 Å². The zero-order valence-electron chi connectivity index (χ0n) is 23.0. The molecule has 3 heterocycles. The molecule has 1 aliphatic heterocycles. The van der Waals surface area contributed by atoms with Crippen LogP contribution >= 0.6 is 0 Å². The smallest absolute Gasteiger partial charge is 0.260 e. The number of β-amino-alcohol motifs (C(OH)–C–C–N with tert-alkyl or cyclic N) is 1. The summed E-state index contributed by atoms with van der Waals surface area (Å²) in [5.74, 6) is -6.64. The monoisotopic (exact) mass is 620 g/mol. The Balaban J connectivity index is 1.53. The minimum Gasteiger partial charge on any atom is -0.392 e. The van der Waals surface area contributed by atoms with Gasteiger partial charge in [-0.05, 0) is 38.5 Å². The number of sulfonamides is 1. The van der Waals surface area contributed by atoms with Gasteiger partial charge in [0.25, 0.3) is 5.56 Å². The van der Waals surface area contributed by atoms with Gasteiger partial charge in [0.1, 0.15) is 17.2 Å². The molecule has 0 unspecified atom stereocenters. The third kappa shape index (κ3) is 6.33. The zero-order chi connectivity index (χ0) is 31.1. The summed E-state index contributed by atoms with van der Waals surface area (Å²) >= 11 is 0. The summed E-state index contributed by atoms with van der Waals surface area (Å²) in [5, 5.41) is 16.4. The van der Waals surface area contributed by atoms with Gasteiger partial charge in [-0.2, -0.15) is 4.98 Å². The van der Waals surface area contributed by atoms with Gasteiger partial charge >= 0.3 is 0 Å². The molecule has 2 aromatic carbocycles. The van der Waals surface area contributed by atoms with Crippen molar-refractivity contribution in [3.63, 3.8) is 0 Å². The van der Waals surface area contributed by atoms with Crippen LogP contribution in [0.15, 0.2) is 47.4 Å². The molecule has 1 aliphatic rings. The highest BCUT2D eigenvalue weighted by Gasteiger charge is 2.27. The Hall–Kier alpha value is -4.08. The molecule has 5 rings (SSSR count). The van der Waals surface area contributed by atoms with E-state index in [9.17, 15) is 22.7 Å². The van der Waals surface area contributed by atoms with Crippen LogP contribution < -0.4 is 20.9 Å². The lowest BCUT2D eigenvalue weighted by Gasteiger charge is -2.27. The molecule has 2 atom stereocenters. The maximum Gasteiger partial charge on any atom is 0.260 e. The SMILES string of the molecule is CC(C)n1c(=O)c(-c2cc(F)c(NS(=O)(=O)Cc3ccccc3F)c(F)c2F)cc2cnc(N[C@@H]3CNC[C@H](O)C3)nc21. The fourth-order valence-electron chi connectivity index (χ4n) is 4.97. The average molecular weight is 621 g/mol. The van der Waals surface area contributed by atoms with E-state index in [1.54, 1.807) is 18.6 Å². The Morgan fingerprint density at radius 2 is 1.81 bits per heavy atom. The third-order valence-electron chi connectivity index (χ3n) is 6.96. The van der Waals surface area contributed by atoms with E-state index in [0.29, 0.717) is 25.6 Å². The van der Waals surface area contributed by atoms with Gasteiger partial charge in [0.15, 0.2) is 17.5 Å². The van der Waals surface area contributed by atoms with Crippen molar-refractivity contribution in [2.24, 2.45) is 0 Å². The second kappa shape index (κ2) is 11.9. The number of rotatable bonds is 8. The van der Waals surface area contributed by atoms with Crippen LogP contribution in [-0.2, 0) is 15.8 Å². The van der Waals surface area contributed by atoms with Crippen molar-refractivity contribution in [1.82, 2.24) is 19.9 Å². The number of halogens is 4. The summed E-state index contributed by atoms with van der Waals surface area (Å²) in [7, 11) is -4.57. The molecule has 0 saturated carbocycles. The third-order valence-corrected chi connectivity index (χ3v) is 8.17. The summed E-state index contributed by atoms with van der Waals surface area (Å²) in [6, 6.07) is 5.96. The zero-order valence-corrected chi connectivity index (χ0v) is 23.9. The average Bonchev–Trinajstić information content (AvgIpc) is 2.94. The predicted octanol–water partition coefficient (Wildman–Crippen LogP) is 3.67. The first-order valence-corrected chi connectivity index (χ1v) is 15.0. The van der Waals surface area contributed by atoms with E-state index >= 15 is 13.2 Å². The van der Waals surface area contributed by atoms with Gasteiger partial charge in [-0.3, -0.25) is 14.1 Å². The van der Waals surface area contributed by atoms with Gasteiger partial charge in [0.05, 0.1) is 17.4 Å². The lowest BCUT2D eigenvalue weighted by Crippen LogP contribution is -2.46. The van der Waals surface area contributed by atoms with Crippen molar-refractivity contribution in [2.75, 3.05) is 23.1 Å². The Kier molecular flexibility index (Phi) is 8.40. The molecule has 10 nitrogen and oxygen atoms in total. The number of aliphatic hydroxyl groups excluding tert-OH is 1. The second-order valence-corrected chi connectivity index (χ2v) is 12.3. The molecule has 0 radical (unpaired) electrons. The summed E-state index contributed by atoms with van der Waals surface area (Å²) in [6.07, 6.45) is 1.28. The molecule has 4 aromatic rings. The van der Waals surface area contributed by atoms with E-state index in [2.05, 4.69) is 20.6 Å². The predicted molar refractivity (Wildman–Crippen MR) is 153 cm³/mol. The normalized spacial score (nSPS) is 17.4. The van der Waals surface area contributed by atoms with Crippen LogP contribution in [0.3, 0.4) is 0 Å². The Bertz CT molecular complexity index is 1870. The Labute approximate surface area is 243 Å². The Morgan fingerprint density at radius 1 is 1.07 bits per heavy atom. The largest absolute Gasteiger partial charge is 0.392 e. The topological polar surface area (TPSA) is 138 Å². The molecule has 1 fully saturated rings. The van der Waals surface area contributed by atoms with Crippen molar-refractivity contribution >= 4 is 32.7 Å². The minimum absolute atomic E-state index is 0.178. The number of anilines is 2. The van der Waals surface area contributed by atoms with Gasteiger partial charge in [0.2, 0.25) is 16.0 Å². The highest BCUT2D eigenvalue weighted by atomic mass is 32.2. The van der Waals surface area contributed by atoms with Crippen LogP contribution in [0.2, 0.25) is 0 Å². The van der Waals surface area contributed by atoms with Gasteiger partial charge in [0, 0.05) is 47.9 Å². The fourth-order valence-corrected chi connectivity index (χ4v) is 6.18. The number of aliphatic hydroxyl groups is 1. The maximum atomic E-state index is 15.4. The first-order chi connectivity index (χ1) is 20.3. The highest BCUT2D eigenvalue weighted by molar-refractivity contribution is 7.91. The lowest BCUT2D eigenvalue weighted by molar-refractivity contribution is 0.136. The summed E-state index contributed by atoms with van der Waals surface area (Å²) in [6.45, 7) is 4.36. The molecule has 1 saturated heterocycles. The molecule has 228 valence electrons. The van der Waals surface area contributed by atoms with Crippen molar-refractivity contribution in [3.05, 3.63) is 81.8 Å². The number of aromatic nitrogens is 3. The molecule has 43 heavy (non-hydrogen) atoms. The molecule has 0 spiro atoms. The molecule has 4 N–H and O–H groups in total. The number of nitrogens with zero attached hydrogens (tertiary/aromatic N) is 3. The van der Waals surface area contributed by atoms with Crippen LogP contribution in [0.5, 0.6) is 0 Å². The summed E-state index contributed by atoms with van der Waals surface area (Å²) in [5.41, 5.74) is -3.31.